The van der Waals surface area contributed by atoms with Gasteiger partial charge in [-0.25, -0.2) is 4.98 Å². The number of hydrogen-bond acceptors (Lipinski definition) is 6. The molecule has 1 amide bonds. The Morgan fingerprint density at radius 3 is 3.04 bits per heavy atom. The fourth-order valence-corrected chi connectivity index (χ4v) is 3.85. The molecular weight excluding hydrogens is 342 g/mol. The Bertz CT molecular complexity index is 812. The average molecular weight is 367 g/mol. The molecule has 2 aliphatic rings. The van der Waals surface area contributed by atoms with Gasteiger partial charge in [0.1, 0.15) is 5.82 Å². The van der Waals surface area contributed by atoms with Crippen LogP contribution in [0.2, 0.25) is 0 Å². The quantitative estimate of drug-likeness (QED) is 0.898. The lowest BCUT2D eigenvalue weighted by Crippen LogP contribution is -2.35. The molecule has 2 aliphatic heterocycles. The summed E-state index contributed by atoms with van der Waals surface area (Å²) in [5.74, 6) is 1.82. The maximum Gasteiger partial charge on any atom is 0.257 e. The van der Waals surface area contributed by atoms with Crippen molar-refractivity contribution in [2.24, 2.45) is 5.92 Å². The molecule has 4 rings (SSSR count). The van der Waals surface area contributed by atoms with E-state index in [2.05, 4.69) is 27.3 Å². The van der Waals surface area contributed by atoms with E-state index in [1.807, 2.05) is 6.07 Å². The van der Waals surface area contributed by atoms with Crippen LogP contribution in [-0.4, -0.2) is 47.4 Å². The fraction of sp³-hybridized carbons (Fsp3) is 0.500. The van der Waals surface area contributed by atoms with Crippen molar-refractivity contribution in [3.05, 3.63) is 41.2 Å². The zero-order valence-electron chi connectivity index (χ0n) is 15.6. The van der Waals surface area contributed by atoms with Gasteiger partial charge in [-0.3, -0.25) is 4.79 Å². The second kappa shape index (κ2) is 8.00. The second-order valence-electron chi connectivity index (χ2n) is 7.32. The number of pyridine rings is 1. The van der Waals surface area contributed by atoms with Crippen LogP contribution in [0.25, 0.3) is 0 Å². The highest BCUT2D eigenvalue weighted by Crippen LogP contribution is 2.27. The van der Waals surface area contributed by atoms with Crippen molar-refractivity contribution in [1.29, 1.82) is 0 Å². The summed E-state index contributed by atoms with van der Waals surface area (Å²) in [5, 5.41) is 10.7. The summed E-state index contributed by atoms with van der Waals surface area (Å²) in [6.07, 6.45) is 5.42. The Kier molecular flexibility index (Phi) is 5.29. The van der Waals surface area contributed by atoms with Gasteiger partial charge < -0.3 is 15.0 Å². The number of anilines is 2. The van der Waals surface area contributed by atoms with Crippen LogP contribution in [0, 0.1) is 5.92 Å². The second-order valence-corrected chi connectivity index (χ2v) is 7.32. The van der Waals surface area contributed by atoms with Crippen molar-refractivity contribution in [1.82, 2.24) is 15.2 Å². The van der Waals surface area contributed by atoms with Gasteiger partial charge >= 0.3 is 0 Å². The highest BCUT2D eigenvalue weighted by atomic mass is 16.5. The molecule has 1 atom stereocenters. The molecule has 4 heterocycles. The number of carbonyl (C=O) groups excluding carboxylic acids is 1. The predicted molar refractivity (Wildman–Crippen MR) is 103 cm³/mol. The third-order valence-corrected chi connectivity index (χ3v) is 5.22. The zero-order valence-corrected chi connectivity index (χ0v) is 15.6. The molecule has 2 aromatic rings. The number of aromatic nitrogens is 3. The summed E-state index contributed by atoms with van der Waals surface area (Å²) in [4.78, 5) is 20.3. The SMILES string of the molecule is C[C@H]1CCCN(c2cc(C(=O)Nc3cccnn3)c3c(n2)CCOCC3)C1. The Balaban J connectivity index is 1.69. The maximum absolute atomic E-state index is 13.0. The molecule has 1 N–H and O–H groups in total. The van der Waals surface area contributed by atoms with Gasteiger partial charge in [0.25, 0.3) is 5.91 Å². The van der Waals surface area contributed by atoms with Crippen LogP contribution in [0.3, 0.4) is 0 Å². The molecule has 0 saturated carbocycles. The smallest absolute Gasteiger partial charge is 0.257 e. The van der Waals surface area contributed by atoms with Gasteiger partial charge in [0.2, 0.25) is 0 Å². The molecule has 0 unspecified atom stereocenters. The average Bonchev–Trinajstić information content (AvgIpc) is 2.93. The molecule has 7 heteroatoms. The Labute approximate surface area is 159 Å². The van der Waals surface area contributed by atoms with Crippen LogP contribution in [-0.2, 0) is 17.6 Å². The van der Waals surface area contributed by atoms with Gasteiger partial charge in [-0.1, -0.05) is 6.92 Å². The number of hydrogen-bond donors (Lipinski definition) is 1. The molecular formula is C20H25N5O2. The highest BCUT2D eigenvalue weighted by molar-refractivity contribution is 6.05. The number of nitrogens with one attached hydrogen (secondary N) is 1. The number of amides is 1. The third kappa shape index (κ3) is 4.08. The largest absolute Gasteiger partial charge is 0.381 e. The van der Waals surface area contributed by atoms with E-state index >= 15 is 0 Å². The molecule has 27 heavy (non-hydrogen) atoms. The molecule has 0 aliphatic carbocycles. The van der Waals surface area contributed by atoms with Gasteiger partial charge in [0.15, 0.2) is 5.82 Å². The summed E-state index contributed by atoms with van der Waals surface area (Å²) in [6.45, 7) is 5.49. The van der Waals surface area contributed by atoms with Crippen LogP contribution >= 0.6 is 0 Å². The molecule has 1 saturated heterocycles. The number of piperidine rings is 1. The molecule has 0 aromatic carbocycles. The summed E-state index contributed by atoms with van der Waals surface area (Å²) in [6, 6.07) is 5.43. The number of rotatable bonds is 3. The summed E-state index contributed by atoms with van der Waals surface area (Å²) < 4.78 is 5.62. The van der Waals surface area contributed by atoms with E-state index in [0.717, 1.165) is 43.0 Å². The van der Waals surface area contributed by atoms with E-state index < -0.39 is 0 Å². The minimum Gasteiger partial charge on any atom is -0.381 e. The van der Waals surface area contributed by atoms with E-state index in [-0.39, 0.29) is 5.91 Å². The molecule has 7 nitrogen and oxygen atoms in total. The van der Waals surface area contributed by atoms with E-state index in [9.17, 15) is 4.79 Å². The first-order valence-electron chi connectivity index (χ1n) is 9.65. The van der Waals surface area contributed by atoms with Gasteiger partial charge in [-0.05, 0) is 48.9 Å². The summed E-state index contributed by atoms with van der Waals surface area (Å²) in [7, 11) is 0. The van der Waals surface area contributed by atoms with E-state index in [1.165, 1.54) is 6.42 Å². The molecule has 142 valence electrons. The first-order valence-corrected chi connectivity index (χ1v) is 9.65. The van der Waals surface area contributed by atoms with Gasteiger partial charge in [-0.2, -0.15) is 5.10 Å². The molecule has 0 radical (unpaired) electrons. The molecule has 0 spiro atoms. The number of nitrogens with zero attached hydrogens (tertiary/aromatic N) is 4. The van der Waals surface area contributed by atoms with Crippen molar-refractivity contribution in [2.45, 2.75) is 32.6 Å². The number of carbonyl (C=O) groups is 1. The molecule has 0 bridgehead atoms. The van der Waals surface area contributed by atoms with E-state index in [1.54, 1.807) is 18.3 Å². The molecule has 2 aromatic heterocycles. The Morgan fingerprint density at radius 2 is 2.22 bits per heavy atom. The minimum absolute atomic E-state index is 0.164. The zero-order chi connectivity index (χ0) is 18.6. The van der Waals surface area contributed by atoms with Crippen LogP contribution in [0.4, 0.5) is 11.6 Å². The summed E-state index contributed by atoms with van der Waals surface area (Å²) in [5.41, 5.74) is 2.64. The van der Waals surface area contributed by atoms with Crippen LogP contribution in [0.5, 0.6) is 0 Å². The molecule has 1 fully saturated rings. The number of fused-ring (bicyclic) bond motifs is 1. The first-order chi connectivity index (χ1) is 13.2. The van der Waals surface area contributed by atoms with Crippen molar-refractivity contribution in [2.75, 3.05) is 36.5 Å². The normalized spacial score (nSPS) is 19.9. The van der Waals surface area contributed by atoms with Crippen LogP contribution in [0.15, 0.2) is 24.4 Å². The lowest BCUT2D eigenvalue weighted by atomic mass is 9.98. The van der Waals surface area contributed by atoms with Crippen molar-refractivity contribution >= 4 is 17.5 Å². The minimum atomic E-state index is -0.164. The Hall–Kier alpha value is -2.54. The van der Waals surface area contributed by atoms with Crippen LogP contribution < -0.4 is 10.2 Å². The predicted octanol–water partition coefficient (Wildman–Crippen LogP) is 2.48. The van der Waals surface area contributed by atoms with Crippen molar-refractivity contribution < 1.29 is 9.53 Å². The fourth-order valence-electron chi connectivity index (χ4n) is 3.85. The topological polar surface area (TPSA) is 80.2 Å². The Morgan fingerprint density at radius 1 is 1.33 bits per heavy atom. The van der Waals surface area contributed by atoms with Gasteiger partial charge in [0, 0.05) is 37.0 Å². The highest BCUT2D eigenvalue weighted by Gasteiger charge is 2.24. The van der Waals surface area contributed by atoms with Crippen LogP contribution in [0.1, 0.15) is 41.4 Å². The van der Waals surface area contributed by atoms with Crippen molar-refractivity contribution in [3.63, 3.8) is 0 Å². The van der Waals surface area contributed by atoms with Gasteiger partial charge in [-0.15, -0.1) is 5.10 Å². The monoisotopic (exact) mass is 367 g/mol. The lowest BCUT2D eigenvalue weighted by molar-refractivity contribution is 0.102. The third-order valence-electron chi connectivity index (χ3n) is 5.22. The summed E-state index contributed by atoms with van der Waals surface area (Å²) >= 11 is 0. The van der Waals surface area contributed by atoms with E-state index in [0.29, 0.717) is 36.9 Å². The lowest BCUT2D eigenvalue weighted by Gasteiger charge is -2.32. The van der Waals surface area contributed by atoms with Gasteiger partial charge in [0.05, 0.1) is 13.2 Å². The maximum atomic E-state index is 13.0. The number of ether oxygens (including phenoxy) is 1. The standard InChI is InChI=1S/C20H25N5O2/c1-14-4-3-9-25(13-14)19-12-16(15-6-10-27-11-7-17(15)22-19)20(26)23-18-5-2-8-21-24-18/h2,5,8,12,14H,3-4,6-7,9-11,13H2,1H3,(H,23,24,26)/t14-/m0/s1. The van der Waals surface area contributed by atoms with Crippen molar-refractivity contribution in [3.8, 4) is 0 Å². The van der Waals surface area contributed by atoms with E-state index in [4.69, 9.17) is 9.72 Å². The first kappa shape index (κ1) is 17.9.